The van der Waals surface area contributed by atoms with E-state index in [4.69, 9.17) is 17.3 Å². The number of benzene rings is 2. The van der Waals surface area contributed by atoms with E-state index in [1.807, 2.05) is 24.0 Å². The number of aryl methyl sites for hydroxylation is 2. The smallest absolute Gasteiger partial charge is 0.253 e. The molecule has 2 amide bonds. The lowest BCUT2D eigenvalue weighted by molar-refractivity contribution is -0.116. The molecule has 30 heavy (non-hydrogen) atoms. The van der Waals surface area contributed by atoms with Gasteiger partial charge in [-0.25, -0.2) is 0 Å². The first-order valence-corrected chi connectivity index (χ1v) is 10.7. The molecular formula is C23H26ClN3O3. The van der Waals surface area contributed by atoms with Crippen LogP contribution in [0.25, 0.3) is 0 Å². The third-order valence-electron chi connectivity index (χ3n) is 6.25. The highest BCUT2D eigenvalue weighted by atomic mass is 35.5. The largest absolute Gasteiger partial charge is 0.508 e. The second kappa shape index (κ2) is 8.28. The predicted octanol–water partition coefficient (Wildman–Crippen LogP) is 3.79. The van der Waals surface area contributed by atoms with E-state index in [0.29, 0.717) is 42.1 Å². The maximum atomic E-state index is 13.0. The molecule has 0 aromatic heterocycles. The van der Waals surface area contributed by atoms with Gasteiger partial charge in [0.2, 0.25) is 5.91 Å². The van der Waals surface area contributed by atoms with Crippen LogP contribution in [0.5, 0.6) is 5.75 Å². The lowest BCUT2D eigenvalue weighted by Crippen LogP contribution is -2.41. The van der Waals surface area contributed by atoms with Crippen molar-refractivity contribution in [3.8, 4) is 5.75 Å². The van der Waals surface area contributed by atoms with E-state index in [2.05, 4.69) is 5.32 Å². The molecule has 1 saturated heterocycles. The molecule has 2 aliphatic rings. The Labute approximate surface area is 181 Å². The standard InChI is InChI=1S/C23H26ClN3O3/c1-13-10-20(28)17(12-18(13)24)22(25)14-6-8-27(9-7-14)23(30)16-2-4-19-15(11-16)3-5-21(29)26-19/h2,4,10-12,14,22,28H,3,5-9,25H2,1H3,(H,26,29). The summed E-state index contributed by atoms with van der Waals surface area (Å²) in [5.74, 6) is 0.352. The van der Waals surface area contributed by atoms with Crippen LogP contribution in [0.1, 0.15) is 52.4 Å². The SMILES string of the molecule is Cc1cc(O)c(C(N)C2CCN(C(=O)c3ccc4c(c3)CCC(=O)N4)CC2)cc1Cl. The number of rotatable bonds is 3. The van der Waals surface area contributed by atoms with Crippen molar-refractivity contribution < 1.29 is 14.7 Å². The molecule has 2 aromatic rings. The number of carbonyl (C=O) groups is 2. The molecule has 0 saturated carbocycles. The highest BCUT2D eigenvalue weighted by molar-refractivity contribution is 6.31. The highest BCUT2D eigenvalue weighted by Crippen LogP contribution is 2.36. The van der Waals surface area contributed by atoms with Crippen molar-refractivity contribution in [2.45, 2.75) is 38.6 Å². The second-order valence-corrected chi connectivity index (χ2v) is 8.64. The molecule has 0 spiro atoms. The number of aromatic hydroxyl groups is 1. The van der Waals surface area contributed by atoms with Crippen LogP contribution in [0.3, 0.4) is 0 Å². The van der Waals surface area contributed by atoms with Crippen LogP contribution in [0.4, 0.5) is 5.69 Å². The zero-order chi connectivity index (χ0) is 21.4. The number of likely N-dealkylation sites (tertiary alicyclic amines) is 1. The van der Waals surface area contributed by atoms with Crippen molar-refractivity contribution in [2.24, 2.45) is 11.7 Å². The molecule has 1 unspecified atom stereocenters. The normalized spacial score (nSPS) is 18.0. The van der Waals surface area contributed by atoms with Gasteiger partial charge in [0.05, 0.1) is 0 Å². The van der Waals surface area contributed by atoms with Crippen LogP contribution in [-0.2, 0) is 11.2 Å². The maximum Gasteiger partial charge on any atom is 0.253 e. The Balaban J connectivity index is 1.41. The van der Waals surface area contributed by atoms with Crippen molar-refractivity contribution in [2.75, 3.05) is 18.4 Å². The summed E-state index contributed by atoms with van der Waals surface area (Å²) in [5, 5.41) is 13.7. The number of hydrogen-bond acceptors (Lipinski definition) is 4. The second-order valence-electron chi connectivity index (χ2n) is 8.24. The molecule has 158 valence electrons. The number of nitrogens with two attached hydrogens (primary N) is 1. The molecule has 1 atom stereocenters. The van der Waals surface area contributed by atoms with E-state index in [0.717, 1.165) is 29.7 Å². The summed E-state index contributed by atoms with van der Waals surface area (Å²) in [6.07, 6.45) is 2.63. The van der Waals surface area contributed by atoms with E-state index in [1.54, 1.807) is 18.2 Å². The van der Waals surface area contributed by atoms with Crippen molar-refractivity contribution >= 4 is 29.1 Å². The fourth-order valence-electron chi connectivity index (χ4n) is 4.36. The van der Waals surface area contributed by atoms with Crippen LogP contribution >= 0.6 is 11.6 Å². The minimum atomic E-state index is -0.326. The molecule has 7 heteroatoms. The molecule has 2 aliphatic heterocycles. The van der Waals surface area contributed by atoms with Crippen molar-refractivity contribution in [3.05, 3.63) is 57.6 Å². The number of piperidine rings is 1. The van der Waals surface area contributed by atoms with Crippen LogP contribution in [-0.4, -0.2) is 34.9 Å². The summed E-state index contributed by atoms with van der Waals surface area (Å²) in [6.45, 7) is 3.08. The number of anilines is 1. The van der Waals surface area contributed by atoms with Crippen LogP contribution in [0.15, 0.2) is 30.3 Å². The molecule has 0 aliphatic carbocycles. The zero-order valence-corrected chi connectivity index (χ0v) is 17.7. The van der Waals surface area contributed by atoms with Gasteiger partial charge in [-0.2, -0.15) is 0 Å². The Morgan fingerprint density at radius 1 is 1.23 bits per heavy atom. The fourth-order valence-corrected chi connectivity index (χ4v) is 4.54. The van der Waals surface area contributed by atoms with Crippen molar-refractivity contribution in [1.82, 2.24) is 4.90 Å². The topological polar surface area (TPSA) is 95.7 Å². The number of halogens is 1. The molecule has 2 aromatic carbocycles. The Morgan fingerprint density at radius 2 is 1.97 bits per heavy atom. The van der Waals surface area contributed by atoms with Gasteiger partial charge in [-0.3, -0.25) is 9.59 Å². The summed E-state index contributed by atoms with van der Waals surface area (Å²) in [5.41, 5.74) is 10.4. The van der Waals surface area contributed by atoms with Gasteiger partial charge in [0, 0.05) is 47.4 Å². The van der Waals surface area contributed by atoms with E-state index in [-0.39, 0.29) is 29.5 Å². The lowest BCUT2D eigenvalue weighted by atomic mass is 9.85. The maximum absolute atomic E-state index is 13.0. The fraction of sp³-hybridized carbons (Fsp3) is 0.391. The van der Waals surface area contributed by atoms with E-state index in [9.17, 15) is 14.7 Å². The minimum Gasteiger partial charge on any atom is -0.508 e. The molecule has 2 heterocycles. The monoisotopic (exact) mass is 427 g/mol. The predicted molar refractivity (Wildman–Crippen MR) is 117 cm³/mol. The Hall–Kier alpha value is -2.57. The number of amides is 2. The number of phenolic OH excluding ortho intramolecular Hbond substituents is 1. The van der Waals surface area contributed by atoms with E-state index < -0.39 is 0 Å². The van der Waals surface area contributed by atoms with Crippen molar-refractivity contribution in [3.63, 3.8) is 0 Å². The number of hydrogen-bond donors (Lipinski definition) is 3. The van der Waals surface area contributed by atoms with Gasteiger partial charge >= 0.3 is 0 Å². The average Bonchev–Trinajstić information content (AvgIpc) is 2.75. The number of nitrogens with one attached hydrogen (secondary N) is 1. The average molecular weight is 428 g/mol. The quantitative estimate of drug-likeness (QED) is 0.694. The molecule has 6 nitrogen and oxygen atoms in total. The summed E-state index contributed by atoms with van der Waals surface area (Å²) in [4.78, 5) is 26.4. The minimum absolute atomic E-state index is 0.00273. The number of nitrogens with zero attached hydrogens (tertiary/aromatic N) is 1. The van der Waals surface area contributed by atoms with Crippen LogP contribution < -0.4 is 11.1 Å². The molecular weight excluding hydrogens is 402 g/mol. The summed E-state index contributed by atoms with van der Waals surface area (Å²) in [7, 11) is 0. The number of phenols is 1. The first-order chi connectivity index (χ1) is 14.3. The molecule has 4 N–H and O–H groups in total. The first-order valence-electron chi connectivity index (χ1n) is 10.3. The number of fused-ring (bicyclic) bond motifs is 1. The van der Waals surface area contributed by atoms with Gasteiger partial charge in [0.15, 0.2) is 0 Å². The molecule has 4 rings (SSSR count). The summed E-state index contributed by atoms with van der Waals surface area (Å²) in [6, 6.07) is 8.55. The third kappa shape index (κ3) is 4.02. The zero-order valence-electron chi connectivity index (χ0n) is 17.0. The van der Waals surface area contributed by atoms with Gasteiger partial charge in [0.25, 0.3) is 5.91 Å². The lowest BCUT2D eigenvalue weighted by Gasteiger charge is -2.35. The van der Waals surface area contributed by atoms with Crippen LogP contribution in [0, 0.1) is 12.8 Å². The van der Waals surface area contributed by atoms with Gasteiger partial charge < -0.3 is 21.1 Å². The Bertz CT molecular complexity index is 999. The Kier molecular flexibility index (Phi) is 5.71. The van der Waals surface area contributed by atoms with Gasteiger partial charge in [-0.15, -0.1) is 0 Å². The molecule has 0 radical (unpaired) electrons. The first kappa shape index (κ1) is 20.7. The van der Waals surface area contributed by atoms with Gasteiger partial charge in [0.1, 0.15) is 5.75 Å². The van der Waals surface area contributed by atoms with E-state index >= 15 is 0 Å². The third-order valence-corrected chi connectivity index (χ3v) is 6.66. The Morgan fingerprint density at radius 3 is 2.70 bits per heavy atom. The van der Waals surface area contributed by atoms with Crippen LogP contribution in [0.2, 0.25) is 5.02 Å². The van der Waals surface area contributed by atoms with E-state index in [1.165, 1.54) is 0 Å². The van der Waals surface area contributed by atoms with Gasteiger partial charge in [-0.05, 0) is 73.6 Å². The molecule has 1 fully saturated rings. The number of carbonyl (C=O) groups excluding carboxylic acids is 2. The summed E-state index contributed by atoms with van der Waals surface area (Å²) >= 11 is 6.22. The highest BCUT2D eigenvalue weighted by Gasteiger charge is 2.30. The van der Waals surface area contributed by atoms with Crippen molar-refractivity contribution in [1.29, 1.82) is 0 Å². The van der Waals surface area contributed by atoms with Gasteiger partial charge in [-0.1, -0.05) is 11.6 Å². The summed E-state index contributed by atoms with van der Waals surface area (Å²) < 4.78 is 0. The molecule has 0 bridgehead atoms.